The minimum Gasteiger partial charge on any atom is -0.272 e. The van der Waals surface area contributed by atoms with Crippen LogP contribution in [0.25, 0.3) is 11.1 Å². The summed E-state index contributed by atoms with van der Waals surface area (Å²) in [6.07, 6.45) is 3.17. The average molecular weight is 480 g/mol. The molecule has 0 aliphatic rings. The van der Waals surface area contributed by atoms with E-state index < -0.39 is 9.85 Å². The molecular formula is C26H20N6O4. The second kappa shape index (κ2) is 11.2. The Balaban J connectivity index is 1.37. The van der Waals surface area contributed by atoms with Gasteiger partial charge in [0, 0.05) is 12.1 Å². The topological polar surface area (TPSA) is 135 Å². The van der Waals surface area contributed by atoms with Gasteiger partial charge in [0.15, 0.2) is 0 Å². The summed E-state index contributed by atoms with van der Waals surface area (Å²) in [6.45, 7) is 0. The van der Waals surface area contributed by atoms with Crippen LogP contribution in [0.5, 0.6) is 0 Å². The van der Waals surface area contributed by atoms with Crippen LogP contribution in [0.1, 0.15) is 11.1 Å². The number of anilines is 2. The number of nitrogens with one attached hydrogen (secondary N) is 2. The first-order chi connectivity index (χ1) is 17.5. The Morgan fingerprint density at radius 3 is 1.28 bits per heavy atom. The molecule has 178 valence electrons. The molecule has 0 bridgehead atoms. The molecule has 0 saturated heterocycles. The maximum absolute atomic E-state index is 11.1. The highest BCUT2D eigenvalue weighted by Gasteiger charge is 2.11. The van der Waals surface area contributed by atoms with Crippen LogP contribution < -0.4 is 10.9 Å². The van der Waals surface area contributed by atoms with E-state index in [9.17, 15) is 20.2 Å². The van der Waals surface area contributed by atoms with Crippen LogP contribution >= 0.6 is 0 Å². The van der Waals surface area contributed by atoms with Gasteiger partial charge >= 0.3 is 0 Å². The normalized spacial score (nSPS) is 11.0. The summed E-state index contributed by atoms with van der Waals surface area (Å²) in [5, 5.41) is 30.3. The second-order valence-corrected chi connectivity index (χ2v) is 7.53. The molecule has 0 radical (unpaired) electrons. The average Bonchev–Trinajstić information content (AvgIpc) is 2.90. The largest absolute Gasteiger partial charge is 0.294 e. The number of benzene rings is 4. The Kier molecular flexibility index (Phi) is 7.37. The molecule has 0 heterocycles. The first-order valence-electron chi connectivity index (χ1n) is 10.8. The van der Waals surface area contributed by atoms with Gasteiger partial charge in [0.1, 0.15) is 11.4 Å². The lowest BCUT2D eigenvalue weighted by atomic mass is 10.0. The lowest BCUT2D eigenvalue weighted by Crippen LogP contribution is -1.96. The molecule has 0 unspecified atom stereocenters. The van der Waals surface area contributed by atoms with Crippen molar-refractivity contribution in [2.75, 3.05) is 10.9 Å². The molecule has 0 aliphatic heterocycles. The van der Waals surface area contributed by atoms with Crippen LogP contribution in [-0.2, 0) is 0 Å². The van der Waals surface area contributed by atoms with Crippen LogP contribution in [0.2, 0.25) is 0 Å². The van der Waals surface area contributed by atoms with Gasteiger partial charge in [-0.25, -0.2) is 0 Å². The maximum atomic E-state index is 11.1. The molecule has 0 amide bonds. The van der Waals surface area contributed by atoms with Crippen molar-refractivity contribution in [2.45, 2.75) is 0 Å². The van der Waals surface area contributed by atoms with E-state index in [4.69, 9.17) is 0 Å². The highest BCUT2D eigenvalue weighted by Crippen LogP contribution is 2.24. The van der Waals surface area contributed by atoms with E-state index in [-0.39, 0.29) is 11.4 Å². The summed E-state index contributed by atoms with van der Waals surface area (Å²) in [7, 11) is 0. The van der Waals surface area contributed by atoms with E-state index >= 15 is 0 Å². The molecule has 4 aromatic carbocycles. The highest BCUT2D eigenvalue weighted by atomic mass is 16.6. The molecule has 0 spiro atoms. The van der Waals surface area contributed by atoms with Crippen molar-refractivity contribution < 1.29 is 9.85 Å². The van der Waals surface area contributed by atoms with Crippen molar-refractivity contribution in [3.8, 4) is 11.1 Å². The molecule has 0 atom stereocenters. The number of nitrogens with zero attached hydrogens (tertiary/aromatic N) is 4. The van der Waals surface area contributed by atoms with Crippen molar-refractivity contribution in [3.63, 3.8) is 0 Å². The quantitative estimate of drug-likeness (QED) is 0.170. The highest BCUT2D eigenvalue weighted by molar-refractivity contribution is 5.83. The van der Waals surface area contributed by atoms with Gasteiger partial charge in [-0.2, -0.15) is 10.2 Å². The zero-order chi connectivity index (χ0) is 25.3. The van der Waals surface area contributed by atoms with Gasteiger partial charge in [-0.1, -0.05) is 72.8 Å². The van der Waals surface area contributed by atoms with Crippen LogP contribution in [0.3, 0.4) is 0 Å². The third-order valence-electron chi connectivity index (χ3n) is 5.15. The van der Waals surface area contributed by atoms with E-state index in [2.05, 4.69) is 21.1 Å². The Bertz CT molecular complexity index is 1320. The molecule has 36 heavy (non-hydrogen) atoms. The van der Waals surface area contributed by atoms with Crippen molar-refractivity contribution in [3.05, 3.63) is 128 Å². The summed E-state index contributed by atoms with van der Waals surface area (Å²) in [4.78, 5) is 21.2. The summed E-state index contributed by atoms with van der Waals surface area (Å²) in [6, 6.07) is 28.0. The van der Waals surface area contributed by atoms with E-state index in [1.165, 1.54) is 12.1 Å². The number of hydrogen-bond donors (Lipinski definition) is 2. The van der Waals surface area contributed by atoms with E-state index in [0.717, 1.165) is 22.3 Å². The van der Waals surface area contributed by atoms with Gasteiger partial charge in [-0.15, -0.1) is 0 Å². The monoisotopic (exact) mass is 480 g/mol. The fourth-order valence-electron chi connectivity index (χ4n) is 3.33. The summed E-state index contributed by atoms with van der Waals surface area (Å²) < 4.78 is 0. The zero-order valence-corrected chi connectivity index (χ0v) is 18.8. The van der Waals surface area contributed by atoms with Crippen LogP contribution in [0, 0.1) is 20.2 Å². The van der Waals surface area contributed by atoms with E-state index in [0.29, 0.717) is 11.4 Å². The minimum atomic E-state index is -0.463. The molecule has 4 aromatic rings. The summed E-state index contributed by atoms with van der Waals surface area (Å²) in [5.74, 6) is 0. The summed E-state index contributed by atoms with van der Waals surface area (Å²) in [5.41, 5.74) is 9.61. The van der Waals surface area contributed by atoms with E-state index in [1.807, 2.05) is 48.5 Å². The predicted molar refractivity (Wildman–Crippen MR) is 141 cm³/mol. The number of para-hydroxylation sites is 4. The molecule has 0 fully saturated rings. The number of rotatable bonds is 9. The first kappa shape index (κ1) is 23.8. The second-order valence-electron chi connectivity index (χ2n) is 7.53. The molecule has 4 rings (SSSR count). The molecule has 0 saturated carbocycles. The molecule has 10 nitrogen and oxygen atoms in total. The number of hydrogen-bond acceptors (Lipinski definition) is 8. The smallest absolute Gasteiger partial charge is 0.272 e. The Morgan fingerprint density at radius 1 is 0.556 bits per heavy atom. The van der Waals surface area contributed by atoms with Gasteiger partial charge in [0.05, 0.1) is 22.3 Å². The third kappa shape index (κ3) is 5.94. The summed E-state index contributed by atoms with van der Waals surface area (Å²) >= 11 is 0. The zero-order valence-electron chi connectivity index (χ0n) is 18.8. The van der Waals surface area contributed by atoms with Crippen LogP contribution in [0.15, 0.2) is 107 Å². The first-order valence-corrected chi connectivity index (χ1v) is 10.8. The number of nitro benzene ring substituents is 2. The van der Waals surface area contributed by atoms with Crippen molar-refractivity contribution >= 4 is 35.2 Å². The van der Waals surface area contributed by atoms with Crippen molar-refractivity contribution in [1.82, 2.24) is 0 Å². The molecule has 2 N–H and O–H groups in total. The Labute approximate surface area is 205 Å². The number of hydrazone groups is 2. The fourth-order valence-corrected chi connectivity index (χ4v) is 3.33. The minimum absolute atomic E-state index is 0.0457. The standard InChI is InChI=1S/C26H20N6O4/c33-31(34)25-7-3-1-5-23(25)29-27-17-19-9-13-21(14-10-19)22-15-11-20(12-16-22)18-28-30-24-6-2-4-8-26(24)32(35)36/h1-18,29-30H/b27-17+,28-18+. The van der Waals surface area contributed by atoms with Crippen LogP contribution in [0.4, 0.5) is 22.7 Å². The van der Waals surface area contributed by atoms with Crippen molar-refractivity contribution in [2.24, 2.45) is 10.2 Å². The van der Waals surface area contributed by atoms with Gasteiger partial charge < -0.3 is 0 Å². The predicted octanol–water partition coefficient (Wildman–Crippen LogP) is 6.06. The van der Waals surface area contributed by atoms with Gasteiger partial charge in [-0.3, -0.25) is 31.1 Å². The molecule has 0 aromatic heterocycles. The maximum Gasteiger partial charge on any atom is 0.294 e. The molecular weight excluding hydrogens is 460 g/mol. The van der Waals surface area contributed by atoms with Crippen molar-refractivity contribution in [1.29, 1.82) is 0 Å². The third-order valence-corrected chi connectivity index (χ3v) is 5.15. The van der Waals surface area contributed by atoms with Gasteiger partial charge in [0.2, 0.25) is 0 Å². The lowest BCUT2D eigenvalue weighted by molar-refractivity contribution is -0.384. The molecule has 0 aliphatic carbocycles. The SMILES string of the molecule is O=[N+]([O-])c1ccccc1N/N=C/c1ccc(-c2ccc(/C=N/Nc3ccccc3[N+](=O)[O-])cc2)cc1. The van der Waals surface area contributed by atoms with Gasteiger partial charge in [0.25, 0.3) is 11.4 Å². The lowest BCUT2D eigenvalue weighted by Gasteiger charge is -2.04. The number of nitro groups is 2. The van der Waals surface area contributed by atoms with Gasteiger partial charge in [-0.05, 0) is 34.4 Å². The van der Waals surface area contributed by atoms with Crippen LogP contribution in [-0.4, -0.2) is 22.3 Å². The van der Waals surface area contributed by atoms with E-state index in [1.54, 1.807) is 48.8 Å². The fraction of sp³-hybridized carbons (Fsp3) is 0. The molecule has 10 heteroatoms. The Morgan fingerprint density at radius 2 is 0.917 bits per heavy atom. The Hall–Kier alpha value is -5.38.